The van der Waals surface area contributed by atoms with Crippen LogP contribution in [0.3, 0.4) is 0 Å². The van der Waals surface area contributed by atoms with Crippen molar-refractivity contribution in [3.05, 3.63) is 39.7 Å². The number of thiophene rings is 1. The van der Waals surface area contributed by atoms with E-state index in [1.807, 2.05) is 24.3 Å². The van der Waals surface area contributed by atoms with E-state index in [0.717, 1.165) is 21.1 Å². The lowest BCUT2D eigenvalue weighted by molar-refractivity contribution is 0.466. The Bertz CT molecular complexity index is 772. The summed E-state index contributed by atoms with van der Waals surface area (Å²) in [4.78, 5) is 10.6. The first-order valence-corrected chi connectivity index (χ1v) is 7.76. The molecule has 6 heteroatoms. The third-order valence-electron chi connectivity index (χ3n) is 2.82. The van der Waals surface area contributed by atoms with Crippen molar-refractivity contribution in [2.45, 2.75) is 13.3 Å². The molecular formula is C14H12BrN3OS. The number of ether oxygens (including phenoxy) is 1. The molecule has 0 bridgehead atoms. The quantitative estimate of drug-likeness (QED) is 0.761. The zero-order valence-corrected chi connectivity index (χ0v) is 13.2. The fourth-order valence-electron chi connectivity index (χ4n) is 1.84. The maximum Gasteiger partial charge on any atom is 0.232 e. The SMILES string of the molecule is CCc1cc2c(Oc3ccccc3Br)nc(N)nc2s1. The molecule has 3 aromatic rings. The van der Waals surface area contributed by atoms with Crippen LogP contribution >= 0.6 is 27.3 Å². The van der Waals surface area contributed by atoms with E-state index in [1.54, 1.807) is 11.3 Å². The highest BCUT2D eigenvalue weighted by molar-refractivity contribution is 9.10. The van der Waals surface area contributed by atoms with Crippen LogP contribution < -0.4 is 10.5 Å². The van der Waals surface area contributed by atoms with Crippen molar-refractivity contribution >= 4 is 43.4 Å². The first-order valence-electron chi connectivity index (χ1n) is 6.15. The van der Waals surface area contributed by atoms with E-state index in [4.69, 9.17) is 10.5 Å². The van der Waals surface area contributed by atoms with Gasteiger partial charge in [-0.3, -0.25) is 0 Å². The molecule has 0 fully saturated rings. The fourth-order valence-corrected chi connectivity index (χ4v) is 3.18. The number of benzene rings is 1. The first kappa shape index (κ1) is 13.3. The Hall–Kier alpha value is -1.66. The van der Waals surface area contributed by atoms with E-state index in [9.17, 15) is 0 Å². The van der Waals surface area contributed by atoms with Gasteiger partial charge >= 0.3 is 0 Å². The van der Waals surface area contributed by atoms with Gasteiger partial charge in [0.1, 0.15) is 10.6 Å². The van der Waals surface area contributed by atoms with Crippen molar-refractivity contribution in [3.8, 4) is 11.6 Å². The summed E-state index contributed by atoms with van der Waals surface area (Å²) >= 11 is 5.08. The molecule has 0 aliphatic rings. The molecule has 102 valence electrons. The predicted octanol–water partition coefficient (Wildman–Crippen LogP) is 4.39. The summed E-state index contributed by atoms with van der Waals surface area (Å²) in [6, 6.07) is 9.70. The number of nitrogen functional groups attached to an aromatic ring is 1. The Morgan fingerprint density at radius 2 is 2.10 bits per heavy atom. The molecule has 0 aliphatic carbocycles. The molecule has 0 saturated carbocycles. The van der Waals surface area contributed by atoms with E-state index in [0.29, 0.717) is 11.6 Å². The van der Waals surface area contributed by atoms with Crippen LogP contribution in [0.4, 0.5) is 5.95 Å². The van der Waals surface area contributed by atoms with E-state index in [-0.39, 0.29) is 5.95 Å². The third-order valence-corrected chi connectivity index (χ3v) is 4.65. The van der Waals surface area contributed by atoms with Crippen LogP contribution in [-0.4, -0.2) is 9.97 Å². The van der Waals surface area contributed by atoms with Gasteiger partial charge in [0.05, 0.1) is 9.86 Å². The van der Waals surface area contributed by atoms with Gasteiger partial charge in [-0.25, -0.2) is 4.98 Å². The van der Waals surface area contributed by atoms with Gasteiger partial charge in [-0.2, -0.15) is 4.98 Å². The highest BCUT2D eigenvalue weighted by Gasteiger charge is 2.13. The van der Waals surface area contributed by atoms with Crippen molar-refractivity contribution in [1.29, 1.82) is 0 Å². The summed E-state index contributed by atoms with van der Waals surface area (Å²) in [6.45, 7) is 2.11. The molecule has 20 heavy (non-hydrogen) atoms. The average Bonchev–Trinajstić information content (AvgIpc) is 2.84. The lowest BCUT2D eigenvalue weighted by Gasteiger charge is -2.07. The molecule has 2 N–H and O–H groups in total. The van der Waals surface area contributed by atoms with Gasteiger partial charge in [-0.05, 0) is 40.5 Å². The van der Waals surface area contributed by atoms with Crippen LogP contribution in [0.5, 0.6) is 11.6 Å². The van der Waals surface area contributed by atoms with E-state index < -0.39 is 0 Å². The van der Waals surface area contributed by atoms with Gasteiger partial charge < -0.3 is 10.5 Å². The number of aryl methyl sites for hydroxylation is 1. The molecule has 0 saturated heterocycles. The second-order valence-corrected chi connectivity index (χ2v) is 6.17. The topological polar surface area (TPSA) is 61.0 Å². The molecule has 1 aromatic carbocycles. The van der Waals surface area contributed by atoms with Crippen LogP contribution in [0.1, 0.15) is 11.8 Å². The molecule has 3 rings (SSSR count). The zero-order chi connectivity index (χ0) is 14.1. The Morgan fingerprint density at radius 3 is 2.85 bits per heavy atom. The summed E-state index contributed by atoms with van der Waals surface area (Å²) in [5, 5.41) is 0.900. The Labute approximate surface area is 128 Å². The number of rotatable bonds is 3. The molecule has 4 nitrogen and oxygen atoms in total. The minimum absolute atomic E-state index is 0.226. The normalized spacial score (nSPS) is 10.9. The van der Waals surface area contributed by atoms with Crippen LogP contribution in [0, 0.1) is 0 Å². The smallest absolute Gasteiger partial charge is 0.232 e. The van der Waals surface area contributed by atoms with Gasteiger partial charge in [0.15, 0.2) is 0 Å². The third kappa shape index (κ3) is 2.48. The molecule has 0 unspecified atom stereocenters. The molecule has 0 atom stereocenters. The molecular weight excluding hydrogens is 338 g/mol. The van der Waals surface area contributed by atoms with Crippen LogP contribution in [0.15, 0.2) is 34.8 Å². The Balaban J connectivity index is 2.11. The lowest BCUT2D eigenvalue weighted by Crippen LogP contribution is -1.97. The summed E-state index contributed by atoms with van der Waals surface area (Å²) in [7, 11) is 0. The molecule has 0 radical (unpaired) electrons. The largest absolute Gasteiger partial charge is 0.437 e. The van der Waals surface area contributed by atoms with Gasteiger partial charge in [0, 0.05) is 4.88 Å². The molecule has 2 heterocycles. The number of anilines is 1. The average molecular weight is 350 g/mol. The molecule has 0 aliphatic heterocycles. The van der Waals surface area contributed by atoms with Gasteiger partial charge in [0.2, 0.25) is 11.8 Å². The molecule has 2 aromatic heterocycles. The zero-order valence-electron chi connectivity index (χ0n) is 10.8. The maximum absolute atomic E-state index is 5.89. The van der Waals surface area contributed by atoms with E-state index in [1.165, 1.54) is 4.88 Å². The van der Waals surface area contributed by atoms with Crippen molar-refractivity contribution < 1.29 is 4.74 Å². The number of halogens is 1. The number of nitrogens with zero attached hydrogens (tertiary/aromatic N) is 2. The molecule has 0 spiro atoms. The van der Waals surface area contributed by atoms with Crippen LogP contribution in [-0.2, 0) is 6.42 Å². The summed E-state index contributed by atoms with van der Waals surface area (Å²) < 4.78 is 6.76. The number of fused-ring (bicyclic) bond motifs is 1. The lowest BCUT2D eigenvalue weighted by atomic mass is 10.3. The van der Waals surface area contributed by atoms with Crippen molar-refractivity contribution in [2.24, 2.45) is 0 Å². The second-order valence-electron chi connectivity index (χ2n) is 4.20. The van der Waals surface area contributed by atoms with Crippen molar-refractivity contribution in [1.82, 2.24) is 9.97 Å². The monoisotopic (exact) mass is 349 g/mol. The number of nitrogens with two attached hydrogens (primary N) is 1. The Morgan fingerprint density at radius 1 is 1.30 bits per heavy atom. The number of aromatic nitrogens is 2. The standard InChI is InChI=1S/C14H12BrN3OS/c1-2-8-7-9-12(17-14(16)18-13(9)20-8)19-11-6-4-3-5-10(11)15/h3-7H,2H2,1H3,(H2,16,17,18). The maximum atomic E-state index is 5.89. The Kier molecular flexibility index (Phi) is 3.58. The van der Waals surface area contributed by atoms with Crippen LogP contribution in [0.25, 0.3) is 10.2 Å². The minimum atomic E-state index is 0.226. The van der Waals surface area contributed by atoms with Crippen molar-refractivity contribution in [3.63, 3.8) is 0 Å². The predicted molar refractivity (Wildman–Crippen MR) is 85.4 cm³/mol. The number of para-hydroxylation sites is 1. The molecule has 0 amide bonds. The van der Waals surface area contributed by atoms with Gasteiger partial charge in [0.25, 0.3) is 0 Å². The fraction of sp³-hybridized carbons (Fsp3) is 0.143. The van der Waals surface area contributed by atoms with E-state index >= 15 is 0 Å². The minimum Gasteiger partial charge on any atom is -0.437 e. The van der Waals surface area contributed by atoms with Crippen molar-refractivity contribution in [2.75, 3.05) is 5.73 Å². The summed E-state index contributed by atoms with van der Waals surface area (Å²) in [5.41, 5.74) is 5.76. The van der Waals surface area contributed by atoms with Gasteiger partial charge in [-0.15, -0.1) is 11.3 Å². The van der Waals surface area contributed by atoms with Crippen LogP contribution in [0.2, 0.25) is 0 Å². The first-order chi connectivity index (χ1) is 9.67. The number of hydrogen-bond acceptors (Lipinski definition) is 5. The highest BCUT2D eigenvalue weighted by Crippen LogP contribution is 2.35. The van der Waals surface area contributed by atoms with Gasteiger partial charge in [-0.1, -0.05) is 19.1 Å². The van der Waals surface area contributed by atoms with E-state index in [2.05, 4.69) is 38.9 Å². The number of hydrogen-bond donors (Lipinski definition) is 1. The highest BCUT2D eigenvalue weighted by atomic mass is 79.9. The summed E-state index contributed by atoms with van der Waals surface area (Å²) in [6.07, 6.45) is 0.954. The summed E-state index contributed by atoms with van der Waals surface area (Å²) in [5.74, 6) is 1.43. The second kappa shape index (κ2) is 5.38.